The first-order valence-electron chi connectivity index (χ1n) is 6.92. The first-order chi connectivity index (χ1) is 10.2. The van der Waals surface area contributed by atoms with E-state index in [-0.39, 0.29) is 11.9 Å². The van der Waals surface area contributed by atoms with E-state index in [1.807, 2.05) is 26.0 Å². The molecular formula is C16H18BrFN2O. The predicted octanol–water partition coefficient (Wildman–Crippen LogP) is 4.08. The second kappa shape index (κ2) is 7.52. The van der Waals surface area contributed by atoms with Crippen molar-refractivity contribution >= 4 is 15.9 Å². The summed E-state index contributed by atoms with van der Waals surface area (Å²) in [5.74, 6) is 0.433. The highest BCUT2D eigenvalue weighted by Gasteiger charge is 2.20. The first kappa shape index (κ1) is 15.9. The van der Waals surface area contributed by atoms with Crippen molar-refractivity contribution in [2.75, 3.05) is 13.2 Å². The van der Waals surface area contributed by atoms with E-state index >= 15 is 0 Å². The summed E-state index contributed by atoms with van der Waals surface area (Å²) in [6, 6.07) is 6.59. The second-order valence-corrected chi connectivity index (χ2v) is 5.37. The van der Waals surface area contributed by atoms with Crippen LogP contribution >= 0.6 is 15.9 Å². The predicted molar refractivity (Wildman–Crippen MR) is 85.0 cm³/mol. The molecule has 1 N–H and O–H groups in total. The van der Waals surface area contributed by atoms with Crippen LogP contribution in [0.25, 0.3) is 0 Å². The fourth-order valence-electron chi connectivity index (χ4n) is 2.22. The maximum atomic E-state index is 14.2. The Hall–Kier alpha value is -1.46. The fraction of sp³-hybridized carbons (Fsp3) is 0.312. The van der Waals surface area contributed by atoms with Gasteiger partial charge in [-0.25, -0.2) is 4.39 Å². The van der Waals surface area contributed by atoms with Gasteiger partial charge in [-0.05, 0) is 37.2 Å². The minimum atomic E-state index is -0.279. The zero-order valence-corrected chi connectivity index (χ0v) is 13.7. The molecule has 0 aliphatic heterocycles. The largest absolute Gasteiger partial charge is 0.492 e. The van der Waals surface area contributed by atoms with E-state index < -0.39 is 0 Å². The summed E-state index contributed by atoms with van der Waals surface area (Å²) in [5, 5.41) is 3.30. The van der Waals surface area contributed by atoms with E-state index in [2.05, 4.69) is 26.2 Å². The van der Waals surface area contributed by atoms with Crippen LogP contribution in [0.4, 0.5) is 4.39 Å². The van der Waals surface area contributed by atoms with Gasteiger partial charge >= 0.3 is 0 Å². The van der Waals surface area contributed by atoms with Crippen LogP contribution in [0.1, 0.15) is 31.0 Å². The molecule has 2 rings (SSSR count). The quantitative estimate of drug-likeness (QED) is 0.850. The van der Waals surface area contributed by atoms with Crippen LogP contribution in [-0.4, -0.2) is 18.1 Å². The summed E-state index contributed by atoms with van der Waals surface area (Å²) in [4.78, 5) is 4.19. The van der Waals surface area contributed by atoms with Crippen LogP contribution in [0.15, 0.2) is 41.1 Å². The molecule has 0 aliphatic carbocycles. The average Bonchev–Trinajstić information content (AvgIpc) is 2.47. The van der Waals surface area contributed by atoms with Crippen LogP contribution in [0.3, 0.4) is 0 Å². The van der Waals surface area contributed by atoms with Gasteiger partial charge in [0.05, 0.1) is 18.8 Å². The first-order valence-corrected chi connectivity index (χ1v) is 7.71. The van der Waals surface area contributed by atoms with Gasteiger partial charge in [-0.3, -0.25) is 4.98 Å². The van der Waals surface area contributed by atoms with Crippen LogP contribution in [-0.2, 0) is 0 Å². The molecule has 1 unspecified atom stereocenters. The normalized spacial score (nSPS) is 12.2. The molecule has 1 atom stereocenters. The molecule has 0 saturated heterocycles. The molecule has 0 amide bonds. The maximum Gasteiger partial charge on any atom is 0.137 e. The van der Waals surface area contributed by atoms with Crippen molar-refractivity contribution < 1.29 is 9.13 Å². The lowest BCUT2D eigenvalue weighted by molar-refractivity contribution is 0.338. The minimum absolute atomic E-state index is 0.253. The molecule has 0 saturated carbocycles. The molecule has 1 aromatic heterocycles. The Labute approximate surface area is 132 Å². The SMILES string of the molecule is CCNC(c1cncc(OCC)c1)c1c(F)cccc1Br. The molecule has 0 fully saturated rings. The van der Waals surface area contributed by atoms with Gasteiger partial charge in [-0.15, -0.1) is 0 Å². The third-order valence-electron chi connectivity index (χ3n) is 3.08. The third-order valence-corrected chi connectivity index (χ3v) is 3.77. The smallest absolute Gasteiger partial charge is 0.137 e. The molecule has 3 nitrogen and oxygen atoms in total. The van der Waals surface area contributed by atoms with Crippen LogP contribution in [0.5, 0.6) is 5.75 Å². The zero-order valence-electron chi connectivity index (χ0n) is 12.1. The van der Waals surface area contributed by atoms with E-state index in [9.17, 15) is 4.39 Å². The van der Waals surface area contributed by atoms with Gasteiger partial charge in [0.2, 0.25) is 0 Å². The fourth-order valence-corrected chi connectivity index (χ4v) is 2.79. The summed E-state index contributed by atoms with van der Waals surface area (Å²) < 4.78 is 20.4. The van der Waals surface area contributed by atoms with Crippen molar-refractivity contribution in [2.24, 2.45) is 0 Å². The number of nitrogens with zero attached hydrogens (tertiary/aromatic N) is 1. The highest BCUT2D eigenvalue weighted by molar-refractivity contribution is 9.10. The molecule has 0 spiro atoms. The summed E-state index contributed by atoms with van der Waals surface area (Å²) in [6.45, 7) is 5.19. The third kappa shape index (κ3) is 3.80. The topological polar surface area (TPSA) is 34.2 Å². The highest BCUT2D eigenvalue weighted by atomic mass is 79.9. The Morgan fingerprint density at radius 1 is 1.33 bits per heavy atom. The average molecular weight is 353 g/mol. The number of halogens is 2. The van der Waals surface area contributed by atoms with Crippen LogP contribution in [0.2, 0.25) is 0 Å². The van der Waals surface area contributed by atoms with Crippen molar-refractivity contribution in [1.29, 1.82) is 0 Å². The molecule has 21 heavy (non-hydrogen) atoms. The Kier molecular flexibility index (Phi) is 5.70. The van der Waals surface area contributed by atoms with Gasteiger partial charge in [-0.1, -0.05) is 28.9 Å². The monoisotopic (exact) mass is 352 g/mol. The van der Waals surface area contributed by atoms with Crippen molar-refractivity contribution in [3.63, 3.8) is 0 Å². The summed E-state index contributed by atoms with van der Waals surface area (Å²) in [6.07, 6.45) is 3.39. The van der Waals surface area contributed by atoms with E-state index in [0.717, 1.165) is 10.0 Å². The molecule has 0 aliphatic rings. The van der Waals surface area contributed by atoms with Gasteiger partial charge < -0.3 is 10.1 Å². The van der Waals surface area contributed by atoms with Gasteiger partial charge in [0.1, 0.15) is 11.6 Å². The van der Waals surface area contributed by atoms with Crippen LogP contribution < -0.4 is 10.1 Å². The molecule has 0 radical (unpaired) electrons. The lowest BCUT2D eigenvalue weighted by Gasteiger charge is -2.21. The Balaban J connectivity index is 2.46. The van der Waals surface area contributed by atoms with E-state index in [4.69, 9.17) is 4.74 Å². The Morgan fingerprint density at radius 3 is 2.81 bits per heavy atom. The number of pyridine rings is 1. The number of hydrogen-bond acceptors (Lipinski definition) is 3. The molecule has 1 heterocycles. The molecule has 2 aromatic rings. The van der Waals surface area contributed by atoms with Gasteiger partial charge in [0, 0.05) is 16.2 Å². The Morgan fingerprint density at radius 2 is 2.14 bits per heavy atom. The highest BCUT2D eigenvalue weighted by Crippen LogP contribution is 2.31. The number of nitrogens with one attached hydrogen (secondary N) is 1. The maximum absolute atomic E-state index is 14.2. The van der Waals surface area contributed by atoms with E-state index in [1.165, 1.54) is 6.07 Å². The van der Waals surface area contributed by atoms with Crippen LogP contribution in [0, 0.1) is 5.82 Å². The standard InChI is InChI=1S/C16H18BrFN2O/c1-3-20-16(15-13(17)6-5-7-14(15)18)11-8-12(21-4-2)10-19-9-11/h5-10,16,20H,3-4H2,1-2H3. The number of rotatable bonds is 6. The van der Waals surface area contributed by atoms with E-state index in [1.54, 1.807) is 18.5 Å². The second-order valence-electron chi connectivity index (χ2n) is 4.51. The Bertz CT molecular complexity index is 586. The number of hydrogen-bond donors (Lipinski definition) is 1. The number of ether oxygens (including phenoxy) is 1. The van der Waals surface area contributed by atoms with Gasteiger partial charge in [-0.2, -0.15) is 0 Å². The molecule has 5 heteroatoms. The lowest BCUT2D eigenvalue weighted by atomic mass is 9.99. The molecular weight excluding hydrogens is 335 g/mol. The number of benzene rings is 1. The lowest BCUT2D eigenvalue weighted by Crippen LogP contribution is -2.23. The van der Waals surface area contributed by atoms with E-state index in [0.29, 0.717) is 24.5 Å². The van der Waals surface area contributed by atoms with Crippen molar-refractivity contribution in [1.82, 2.24) is 10.3 Å². The van der Waals surface area contributed by atoms with Gasteiger partial charge in [0.25, 0.3) is 0 Å². The summed E-state index contributed by atoms with van der Waals surface area (Å²) in [5.41, 5.74) is 1.45. The van der Waals surface area contributed by atoms with Crippen molar-refractivity contribution in [3.05, 3.63) is 58.1 Å². The summed E-state index contributed by atoms with van der Waals surface area (Å²) in [7, 11) is 0. The molecule has 1 aromatic carbocycles. The molecule has 0 bridgehead atoms. The summed E-state index contributed by atoms with van der Waals surface area (Å²) >= 11 is 3.43. The van der Waals surface area contributed by atoms with Gasteiger partial charge in [0.15, 0.2) is 0 Å². The zero-order chi connectivity index (χ0) is 15.2. The number of aromatic nitrogens is 1. The van der Waals surface area contributed by atoms with Crippen molar-refractivity contribution in [2.45, 2.75) is 19.9 Å². The minimum Gasteiger partial charge on any atom is -0.492 e. The molecule has 112 valence electrons. The van der Waals surface area contributed by atoms with Crippen molar-refractivity contribution in [3.8, 4) is 5.75 Å².